The van der Waals surface area contributed by atoms with Crippen LogP contribution in [0.25, 0.3) is 11.6 Å². The number of halogens is 2. The predicted molar refractivity (Wildman–Crippen MR) is 121 cm³/mol. The summed E-state index contributed by atoms with van der Waals surface area (Å²) in [5, 5.41) is 8.75. The van der Waals surface area contributed by atoms with Crippen molar-refractivity contribution in [1.82, 2.24) is 5.32 Å². The Morgan fingerprint density at radius 3 is 2.36 bits per heavy atom. The first-order chi connectivity index (χ1) is 13.7. The second-order valence-corrected chi connectivity index (χ2v) is 7.24. The van der Waals surface area contributed by atoms with Gasteiger partial charge in [-0.25, -0.2) is 0 Å². The van der Waals surface area contributed by atoms with E-state index in [4.69, 9.17) is 34.0 Å². The quantitative estimate of drug-likeness (QED) is 0.403. The fraction of sp³-hybridized carbons (Fsp3) is 0.182. The van der Waals surface area contributed by atoms with E-state index in [0.717, 1.165) is 48.5 Å². The summed E-state index contributed by atoms with van der Waals surface area (Å²) in [4.78, 5) is 4.71. The van der Waals surface area contributed by atoms with Crippen LogP contribution in [0.1, 0.15) is 24.0 Å². The Bertz CT molecular complexity index is 911. The van der Waals surface area contributed by atoms with Gasteiger partial charge in [0.25, 0.3) is 0 Å². The maximum atomic E-state index is 6.06. The van der Waals surface area contributed by atoms with Gasteiger partial charge < -0.3 is 11.2 Å². The van der Waals surface area contributed by atoms with E-state index in [9.17, 15) is 0 Å². The standard InChI is InChI=1S/C22H22Cl2N4/c23-18-8-3-16(4-9-18)5-12-20(28-25)15-21(17-6-10-19(24)11-7-17)22-26-13-1-2-14-27-22/h3-12,15H,1-2,13-14,25H2,(H,26,27). The Morgan fingerprint density at radius 1 is 1.00 bits per heavy atom. The van der Waals surface area contributed by atoms with E-state index in [-0.39, 0.29) is 0 Å². The molecular formula is C22H22Cl2N4. The third-order valence-corrected chi connectivity index (χ3v) is 4.82. The highest BCUT2D eigenvalue weighted by atomic mass is 35.5. The van der Waals surface area contributed by atoms with Crippen molar-refractivity contribution in [2.45, 2.75) is 12.8 Å². The van der Waals surface area contributed by atoms with Crippen molar-refractivity contribution in [2.24, 2.45) is 15.9 Å². The van der Waals surface area contributed by atoms with Gasteiger partial charge in [-0.1, -0.05) is 53.5 Å². The molecule has 4 nitrogen and oxygen atoms in total. The minimum absolute atomic E-state index is 0.633. The molecule has 0 saturated heterocycles. The Balaban J connectivity index is 1.94. The molecule has 1 aliphatic rings. The second-order valence-electron chi connectivity index (χ2n) is 6.37. The van der Waals surface area contributed by atoms with E-state index in [0.29, 0.717) is 15.8 Å². The number of benzene rings is 2. The van der Waals surface area contributed by atoms with Gasteiger partial charge in [0.15, 0.2) is 0 Å². The van der Waals surface area contributed by atoms with Crippen LogP contribution >= 0.6 is 23.2 Å². The molecular weight excluding hydrogens is 391 g/mol. The molecule has 0 radical (unpaired) electrons. The number of hydrogen-bond donors (Lipinski definition) is 2. The van der Waals surface area contributed by atoms with Gasteiger partial charge in [0.1, 0.15) is 5.84 Å². The number of nitrogens with one attached hydrogen (secondary N) is 1. The third kappa shape index (κ3) is 5.72. The summed E-state index contributed by atoms with van der Waals surface area (Å²) in [6.07, 6.45) is 7.91. The molecule has 0 unspecified atom stereocenters. The van der Waals surface area contributed by atoms with Crippen LogP contribution in [0, 0.1) is 0 Å². The van der Waals surface area contributed by atoms with Crippen molar-refractivity contribution in [3.8, 4) is 0 Å². The number of nitrogens with zero attached hydrogens (tertiary/aromatic N) is 2. The van der Waals surface area contributed by atoms with Crippen LogP contribution in [0.4, 0.5) is 0 Å². The summed E-state index contributed by atoms with van der Waals surface area (Å²) < 4.78 is 0. The first kappa shape index (κ1) is 20.2. The number of hydrogen-bond acceptors (Lipinski definition) is 4. The molecule has 2 aromatic rings. The molecule has 0 atom stereocenters. The highest BCUT2D eigenvalue weighted by Gasteiger charge is 2.12. The molecule has 0 amide bonds. The molecule has 0 aliphatic carbocycles. The Morgan fingerprint density at radius 2 is 1.68 bits per heavy atom. The van der Waals surface area contributed by atoms with Crippen molar-refractivity contribution < 1.29 is 0 Å². The molecule has 0 saturated carbocycles. The van der Waals surface area contributed by atoms with Gasteiger partial charge in [0.2, 0.25) is 0 Å². The largest absolute Gasteiger partial charge is 0.370 e. The minimum atomic E-state index is 0.633. The van der Waals surface area contributed by atoms with E-state index in [1.807, 2.05) is 66.8 Å². The fourth-order valence-electron chi connectivity index (χ4n) is 2.82. The molecule has 28 heavy (non-hydrogen) atoms. The van der Waals surface area contributed by atoms with Crippen LogP contribution < -0.4 is 11.2 Å². The van der Waals surface area contributed by atoms with Crippen LogP contribution in [0.3, 0.4) is 0 Å². The molecule has 6 heteroatoms. The third-order valence-electron chi connectivity index (χ3n) is 4.32. The molecule has 144 valence electrons. The number of allylic oxidation sites excluding steroid dienone is 2. The van der Waals surface area contributed by atoms with Crippen LogP contribution in [0.2, 0.25) is 10.0 Å². The zero-order chi connectivity index (χ0) is 19.8. The Kier molecular flexibility index (Phi) is 7.29. The topological polar surface area (TPSA) is 62.8 Å². The van der Waals surface area contributed by atoms with Crippen LogP contribution in [0.5, 0.6) is 0 Å². The minimum Gasteiger partial charge on any atom is -0.370 e. The SMILES string of the molecule is NN=C(C=Cc1ccc(Cl)cc1)C=C(C1=NCCCCN1)c1ccc(Cl)cc1. The van der Waals surface area contributed by atoms with Crippen molar-refractivity contribution in [3.05, 3.63) is 81.9 Å². The highest BCUT2D eigenvalue weighted by molar-refractivity contribution is 6.31. The van der Waals surface area contributed by atoms with E-state index >= 15 is 0 Å². The van der Waals surface area contributed by atoms with E-state index in [1.165, 1.54) is 0 Å². The van der Waals surface area contributed by atoms with Crippen molar-refractivity contribution in [2.75, 3.05) is 13.1 Å². The summed E-state index contributed by atoms with van der Waals surface area (Å²) in [6, 6.07) is 15.2. The van der Waals surface area contributed by atoms with E-state index in [1.54, 1.807) is 0 Å². The number of amidine groups is 1. The zero-order valence-corrected chi connectivity index (χ0v) is 16.9. The van der Waals surface area contributed by atoms with E-state index in [2.05, 4.69) is 10.4 Å². The summed E-state index contributed by atoms with van der Waals surface area (Å²) >= 11 is 12.0. The van der Waals surface area contributed by atoms with Gasteiger partial charge in [-0.3, -0.25) is 4.99 Å². The number of rotatable bonds is 5. The molecule has 2 aromatic carbocycles. The van der Waals surface area contributed by atoms with E-state index < -0.39 is 0 Å². The van der Waals surface area contributed by atoms with Crippen LogP contribution in [-0.2, 0) is 0 Å². The first-order valence-corrected chi connectivity index (χ1v) is 9.89. The summed E-state index contributed by atoms with van der Waals surface area (Å²) in [5.74, 6) is 6.51. The lowest BCUT2D eigenvalue weighted by molar-refractivity contribution is 0.750. The maximum absolute atomic E-state index is 6.06. The molecule has 3 N–H and O–H groups in total. The lowest BCUT2D eigenvalue weighted by Crippen LogP contribution is -2.25. The Labute approximate surface area is 175 Å². The van der Waals surface area contributed by atoms with Crippen molar-refractivity contribution in [3.63, 3.8) is 0 Å². The number of nitrogens with two attached hydrogens (primary N) is 1. The van der Waals surface area contributed by atoms with Gasteiger partial charge in [0, 0.05) is 28.7 Å². The molecule has 0 fully saturated rings. The van der Waals surface area contributed by atoms with Gasteiger partial charge >= 0.3 is 0 Å². The summed E-state index contributed by atoms with van der Waals surface area (Å²) in [6.45, 7) is 1.68. The van der Waals surface area contributed by atoms with Gasteiger partial charge in [0.05, 0.1) is 5.71 Å². The lowest BCUT2D eigenvalue weighted by Gasteiger charge is -2.12. The maximum Gasteiger partial charge on any atom is 0.128 e. The predicted octanol–water partition coefficient (Wildman–Crippen LogP) is 5.19. The Hall–Kier alpha value is -2.56. The monoisotopic (exact) mass is 412 g/mol. The zero-order valence-electron chi connectivity index (χ0n) is 15.4. The summed E-state index contributed by atoms with van der Waals surface area (Å²) in [7, 11) is 0. The summed E-state index contributed by atoms with van der Waals surface area (Å²) in [5.41, 5.74) is 3.58. The lowest BCUT2D eigenvalue weighted by atomic mass is 10.0. The van der Waals surface area contributed by atoms with Crippen LogP contribution in [-0.4, -0.2) is 24.6 Å². The average Bonchev–Trinajstić information content (AvgIpc) is 3.00. The first-order valence-electron chi connectivity index (χ1n) is 9.13. The molecule has 1 aliphatic heterocycles. The fourth-order valence-corrected chi connectivity index (χ4v) is 3.07. The second kappa shape index (κ2) is 10.1. The van der Waals surface area contributed by atoms with Gasteiger partial charge in [-0.05, 0) is 60.4 Å². The van der Waals surface area contributed by atoms with Crippen molar-refractivity contribution >= 4 is 46.4 Å². The molecule has 0 aromatic heterocycles. The van der Waals surface area contributed by atoms with Gasteiger partial charge in [-0.2, -0.15) is 5.10 Å². The normalized spacial score (nSPS) is 15.9. The molecule has 1 heterocycles. The number of aliphatic imine (C=N–C) groups is 1. The highest BCUT2D eigenvalue weighted by Crippen LogP contribution is 2.20. The molecule has 3 rings (SSSR count). The molecule has 0 bridgehead atoms. The number of hydrazone groups is 1. The van der Waals surface area contributed by atoms with Gasteiger partial charge in [-0.15, -0.1) is 0 Å². The van der Waals surface area contributed by atoms with Crippen LogP contribution in [0.15, 0.2) is 70.8 Å². The average molecular weight is 413 g/mol. The molecule has 0 spiro atoms. The van der Waals surface area contributed by atoms with Crippen molar-refractivity contribution in [1.29, 1.82) is 0 Å². The smallest absolute Gasteiger partial charge is 0.128 e.